The van der Waals surface area contributed by atoms with Crippen molar-refractivity contribution in [1.82, 2.24) is 5.32 Å². The number of nitrogens with zero attached hydrogens (tertiary/aromatic N) is 1. The Balaban J connectivity index is 1.79. The van der Waals surface area contributed by atoms with Gasteiger partial charge in [-0.15, -0.1) is 0 Å². The average molecular weight is 379 g/mol. The maximum atomic E-state index is 5.32. The van der Waals surface area contributed by atoms with Crippen molar-refractivity contribution < 1.29 is 4.74 Å². The summed E-state index contributed by atoms with van der Waals surface area (Å²) in [5.41, 5.74) is 3.71. The molecule has 1 heterocycles. The Bertz CT molecular complexity index is 842. The first kappa shape index (κ1) is 19.3. The van der Waals surface area contributed by atoms with Crippen LogP contribution in [0.15, 0.2) is 83.4 Å². The summed E-state index contributed by atoms with van der Waals surface area (Å²) >= 11 is 1.74. The highest BCUT2D eigenvalue weighted by atomic mass is 32.2. The van der Waals surface area contributed by atoms with Crippen LogP contribution in [0, 0.1) is 0 Å². The molecule has 0 radical (unpaired) electrons. The molecular weight excluding hydrogens is 352 g/mol. The van der Waals surface area contributed by atoms with Gasteiger partial charge in [0, 0.05) is 5.75 Å². The fourth-order valence-corrected chi connectivity index (χ4v) is 4.08. The first-order chi connectivity index (χ1) is 13.2. The number of hydrogen-bond acceptors (Lipinski definition) is 4. The third-order valence-electron chi connectivity index (χ3n) is 4.55. The highest BCUT2D eigenvalue weighted by Gasteiger charge is 2.31. The molecule has 0 aliphatic carbocycles. The van der Waals surface area contributed by atoms with Crippen molar-refractivity contribution in [1.29, 1.82) is 0 Å². The predicted molar refractivity (Wildman–Crippen MR) is 116 cm³/mol. The van der Waals surface area contributed by atoms with Crippen molar-refractivity contribution in [2.45, 2.75) is 31.7 Å². The van der Waals surface area contributed by atoms with Gasteiger partial charge in [0.05, 0.1) is 13.2 Å². The van der Waals surface area contributed by atoms with Crippen LogP contribution < -0.4 is 10.1 Å². The van der Waals surface area contributed by atoms with Gasteiger partial charge in [0.2, 0.25) is 0 Å². The number of ether oxygens (including phenoxy) is 1. The van der Waals surface area contributed by atoms with Crippen molar-refractivity contribution in [2.24, 2.45) is 4.99 Å². The lowest BCUT2D eigenvalue weighted by atomic mass is 9.94. The molecule has 2 atom stereocenters. The van der Waals surface area contributed by atoms with Gasteiger partial charge < -0.3 is 10.1 Å². The van der Waals surface area contributed by atoms with Gasteiger partial charge in [-0.1, -0.05) is 72.5 Å². The van der Waals surface area contributed by atoms with Crippen LogP contribution >= 0.6 is 11.8 Å². The van der Waals surface area contributed by atoms with E-state index in [1.54, 1.807) is 18.9 Å². The standard InChI is InChI=1S/C23H26N2OS/c1-4-10-18(5-2)21-22(19-12-7-6-8-13-19)25-23(24-21)27-16-17-11-9-14-20(15-17)26-3/h4-15,21-22H,16H2,1-3H3,(H,24,25)/b10-4-,18-5+/t21-,22+/m0/s1. The molecule has 0 bridgehead atoms. The van der Waals surface area contributed by atoms with Crippen LogP contribution in [0.25, 0.3) is 0 Å². The second-order valence-corrected chi connectivity index (χ2v) is 7.30. The van der Waals surface area contributed by atoms with E-state index in [9.17, 15) is 0 Å². The summed E-state index contributed by atoms with van der Waals surface area (Å²) in [6.07, 6.45) is 6.41. The first-order valence-electron chi connectivity index (χ1n) is 9.19. The second kappa shape index (κ2) is 9.47. The molecule has 3 nitrogen and oxygen atoms in total. The van der Waals surface area contributed by atoms with Crippen LogP contribution in [0.1, 0.15) is 31.0 Å². The number of allylic oxidation sites excluding steroid dienone is 2. The Morgan fingerprint density at radius 2 is 1.96 bits per heavy atom. The molecule has 0 fully saturated rings. The normalized spacial score (nSPS) is 19.8. The van der Waals surface area contributed by atoms with Gasteiger partial charge in [-0.2, -0.15) is 0 Å². The zero-order valence-corrected chi connectivity index (χ0v) is 16.9. The molecule has 2 aromatic carbocycles. The minimum Gasteiger partial charge on any atom is -0.497 e. The van der Waals surface area contributed by atoms with Crippen LogP contribution in [0.3, 0.4) is 0 Å². The van der Waals surface area contributed by atoms with Gasteiger partial charge in [0.1, 0.15) is 11.8 Å². The smallest absolute Gasteiger partial charge is 0.158 e. The molecule has 1 N–H and O–H groups in total. The van der Waals surface area contributed by atoms with E-state index in [0.29, 0.717) is 0 Å². The van der Waals surface area contributed by atoms with Gasteiger partial charge in [0.15, 0.2) is 5.17 Å². The molecule has 0 amide bonds. The highest BCUT2D eigenvalue weighted by molar-refractivity contribution is 8.13. The maximum Gasteiger partial charge on any atom is 0.158 e. The zero-order valence-electron chi connectivity index (χ0n) is 16.1. The fraction of sp³-hybridized carbons (Fsp3) is 0.261. The van der Waals surface area contributed by atoms with Crippen molar-refractivity contribution in [3.8, 4) is 5.75 Å². The topological polar surface area (TPSA) is 33.6 Å². The summed E-state index contributed by atoms with van der Waals surface area (Å²) in [6.45, 7) is 4.13. The minimum absolute atomic E-state index is 0.0846. The van der Waals surface area contributed by atoms with E-state index in [0.717, 1.165) is 16.7 Å². The van der Waals surface area contributed by atoms with Crippen molar-refractivity contribution in [3.63, 3.8) is 0 Å². The quantitative estimate of drug-likeness (QED) is 0.672. The van der Waals surface area contributed by atoms with Crippen molar-refractivity contribution >= 4 is 16.9 Å². The molecule has 27 heavy (non-hydrogen) atoms. The lowest BCUT2D eigenvalue weighted by Gasteiger charge is -2.20. The number of amidine groups is 1. The van der Waals surface area contributed by atoms with Gasteiger partial charge >= 0.3 is 0 Å². The molecule has 0 aromatic heterocycles. The molecule has 1 aliphatic heterocycles. The molecule has 0 saturated heterocycles. The first-order valence-corrected chi connectivity index (χ1v) is 10.2. The third kappa shape index (κ3) is 4.83. The Hall–Kier alpha value is -2.46. The van der Waals surface area contributed by atoms with Gasteiger partial charge in [-0.3, -0.25) is 4.99 Å². The van der Waals surface area contributed by atoms with Crippen LogP contribution in [0.4, 0.5) is 0 Å². The highest BCUT2D eigenvalue weighted by Crippen LogP contribution is 2.33. The Labute approximate surface area is 166 Å². The van der Waals surface area contributed by atoms with E-state index >= 15 is 0 Å². The van der Waals surface area contributed by atoms with Crippen molar-refractivity contribution in [3.05, 3.63) is 89.5 Å². The summed E-state index contributed by atoms with van der Waals surface area (Å²) in [7, 11) is 1.70. The Kier molecular flexibility index (Phi) is 6.77. The van der Waals surface area contributed by atoms with E-state index in [1.165, 1.54) is 16.7 Å². The van der Waals surface area contributed by atoms with E-state index in [1.807, 2.05) is 18.2 Å². The SMILES string of the molecule is C/C=C\C(=C/C)[C@@H]1NC(SCc2cccc(OC)c2)=N[C@@H]1c1ccccc1. The molecule has 0 saturated carbocycles. The molecule has 4 heteroatoms. The lowest BCUT2D eigenvalue weighted by molar-refractivity contribution is 0.414. The van der Waals surface area contributed by atoms with Crippen LogP contribution in [0.5, 0.6) is 5.75 Å². The summed E-state index contributed by atoms with van der Waals surface area (Å²) < 4.78 is 5.32. The minimum atomic E-state index is 0.0846. The molecular formula is C23H26N2OS. The van der Waals surface area contributed by atoms with E-state index in [2.05, 4.69) is 73.8 Å². The zero-order chi connectivity index (χ0) is 19.1. The van der Waals surface area contributed by atoms with E-state index < -0.39 is 0 Å². The second-order valence-electron chi connectivity index (χ2n) is 6.34. The maximum absolute atomic E-state index is 5.32. The number of thioether (sulfide) groups is 1. The van der Waals surface area contributed by atoms with Gasteiger partial charge in [0.25, 0.3) is 0 Å². The molecule has 140 valence electrons. The monoisotopic (exact) mass is 378 g/mol. The average Bonchev–Trinajstić information content (AvgIpc) is 3.15. The Morgan fingerprint density at radius 1 is 1.15 bits per heavy atom. The number of nitrogens with one attached hydrogen (secondary N) is 1. The number of rotatable bonds is 6. The summed E-state index contributed by atoms with van der Waals surface area (Å²) in [5.74, 6) is 1.74. The molecule has 0 unspecified atom stereocenters. The largest absolute Gasteiger partial charge is 0.497 e. The van der Waals surface area contributed by atoms with Crippen LogP contribution in [-0.2, 0) is 5.75 Å². The number of aliphatic imine (C=N–C) groups is 1. The van der Waals surface area contributed by atoms with Gasteiger partial charge in [-0.25, -0.2) is 0 Å². The molecule has 1 aliphatic rings. The van der Waals surface area contributed by atoms with E-state index in [-0.39, 0.29) is 12.1 Å². The van der Waals surface area contributed by atoms with Crippen LogP contribution in [-0.4, -0.2) is 18.3 Å². The molecule has 0 spiro atoms. The Morgan fingerprint density at radius 3 is 2.67 bits per heavy atom. The lowest BCUT2D eigenvalue weighted by Crippen LogP contribution is -2.31. The summed E-state index contributed by atoms with van der Waals surface area (Å²) in [6, 6.07) is 18.9. The summed E-state index contributed by atoms with van der Waals surface area (Å²) in [5, 5.41) is 4.62. The summed E-state index contributed by atoms with van der Waals surface area (Å²) in [4.78, 5) is 5.01. The third-order valence-corrected chi connectivity index (χ3v) is 5.53. The van der Waals surface area contributed by atoms with E-state index in [4.69, 9.17) is 9.73 Å². The molecule has 3 rings (SSSR count). The predicted octanol–water partition coefficient (Wildman–Crippen LogP) is 5.52. The number of benzene rings is 2. The van der Waals surface area contributed by atoms with Crippen molar-refractivity contribution in [2.75, 3.05) is 7.11 Å². The molecule has 2 aromatic rings. The fourth-order valence-electron chi connectivity index (χ4n) is 3.20. The number of methoxy groups -OCH3 is 1. The van der Waals surface area contributed by atoms with Gasteiger partial charge in [-0.05, 0) is 42.7 Å². The van der Waals surface area contributed by atoms with Crippen LogP contribution in [0.2, 0.25) is 0 Å². The number of hydrogen-bond donors (Lipinski definition) is 1.